The number of aromatic hydroxyl groups is 1. The number of rotatable bonds is 3. The lowest BCUT2D eigenvalue weighted by Gasteiger charge is -2.37. The van der Waals surface area contributed by atoms with Gasteiger partial charge in [-0.3, -0.25) is 4.90 Å². The van der Waals surface area contributed by atoms with Gasteiger partial charge in [-0.2, -0.15) is 0 Å². The standard InChI is InChI=1S/C15H23NO2/c1-11-4-3-5-14(15(11)18)9-16-8-13(10-17)7-6-12(16)2/h3-5,12-13,17-18H,6-10H2,1-2H3. The van der Waals surface area contributed by atoms with Crippen molar-refractivity contribution in [3.05, 3.63) is 29.3 Å². The first-order valence-electron chi connectivity index (χ1n) is 6.74. The molecule has 1 saturated heterocycles. The molecule has 18 heavy (non-hydrogen) atoms. The van der Waals surface area contributed by atoms with Gasteiger partial charge in [0.2, 0.25) is 0 Å². The lowest BCUT2D eigenvalue weighted by molar-refractivity contribution is 0.0766. The van der Waals surface area contributed by atoms with Crippen molar-refractivity contribution in [2.45, 2.75) is 39.3 Å². The predicted molar refractivity (Wildman–Crippen MR) is 72.5 cm³/mol. The first kappa shape index (κ1) is 13.4. The summed E-state index contributed by atoms with van der Waals surface area (Å²) in [6.07, 6.45) is 2.23. The first-order valence-corrected chi connectivity index (χ1v) is 6.74. The monoisotopic (exact) mass is 249 g/mol. The van der Waals surface area contributed by atoms with Crippen LogP contribution in [0.1, 0.15) is 30.9 Å². The van der Waals surface area contributed by atoms with Gasteiger partial charge in [0.05, 0.1) is 0 Å². The normalized spacial score (nSPS) is 25.3. The van der Waals surface area contributed by atoms with Crippen molar-refractivity contribution < 1.29 is 10.2 Å². The van der Waals surface area contributed by atoms with Crippen LogP contribution >= 0.6 is 0 Å². The molecule has 3 nitrogen and oxygen atoms in total. The number of piperidine rings is 1. The summed E-state index contributed by atoms with van der Waals surface area (Å²) in [5.41, 5.74) is 1.91. The molecule has 0 aliphatic carbocycles. The number of benzene rings is 1. The minimum Gasteiger partial charge on any atom is -0.507 e. The largest absolute Gasteiger partial charge is 0.507 e. The number of likely N-dealkylation sites (tertiary alicyclic amines) is 1. The van der Waals surface area contributed by atoms with E-state index in [4.69, 9.17) is 0 Å². The fourth-order valence-electron chi connectivity index (χ4n) is 2.70. The van der Waals surface area contributed by atoms with Gasteiger partial charge >= 0.3 is 0 Å². The van der Waals surface area contributed by atoms with Crippen LogP contribution in [0.15, 0.2) is 18.2 Å². The molecule has 0 aromatic heterocycles. The van der Waals surface area contributed by atoms with Crippen LogP contribution in [-0.4, -0.2) is 34.3 Å². The Labute approximate surface area is 109 Å². The van der Waals surface area contributed by atoms with Crippen molar-refractivity contribution in [2.75, 3.05) is 13.2 Å². The van der Waals surface area contributed by atoms with E-state index in [1.807, 2.05) is 25.1 Å². The summed E-state index contributed by atoms with van der Waals surface area (Å²) in [6.45, 7) is 6.11. The Morgan fingerprint density at radius 3 is 2.83 bits per heavy atom. The Kier molecular flexibility index (Phi) is 4.25. The van der Waals surface area contributed by atoms with Gasteiger partial charge in [0.15, 0.2) is 0 Å². The third kappa shape index (κ3) is 2.85. The number of hydrogen-bond donors (Lipinski definition) is 2. The van der Waals surface area contributed by atoms with Crippen molar-refractivity contribution in [3.8, 4) is 5.75 Å². The Morgan fingerprint density at radius 1 is 1.33 bits per heavy atom. The summed E-state index contributed by atoms with van der Waals surface area (Å²) in [7, 11) is 0. The number of para-hydroxylation sites is 1. The molecule has 1 aliphatic rings. The molecule has 0 radical (unpaired) electrons. The quantitative estimate of drug-likeness (QED) is 0.864. The van der Waals surface area contributed by atoms with Crippen molar-refractivity contribution in [1.82, 2.24) is 4.90 Å². The van der Waals surface area contributed by atoms with Crippen LogP contribution in [0.4, 0.5) is 0 Å². The van der Waals surface area contributed by atoms with Crippen LogP contribution in [0, 0.1) is 12.8 Å². The second kappa shape index (κ2) is 5.72. The molecule has 0 amide bonds. The van der Waals surface area contributed by atoms with Gasteiger partial charge < -0.3 is 10.2 Å². The molecular weight excluding hydrogens is 226 g/mol. The molecule has 0 spiro atoms. The highest BCUT2D eigenvalue weighted by atomic mass is 16.3. The molecule has 100 valence electrons. The van der Waals surface area contributed by atoms with Crippen molar-refractivity contribution in [1.29, 1.82) is 0 Å². The highest BCUT2D eigenvalue weighted by molar-refractivity contribution is 5.39. The number of phenols is 1. The zero-order valence-electron chi connectivity index (χ0n) is 11.3. The summed E-state index contributed by atoms with van der Waals surface area (Å²) < 4.78 is 0. The van der Waals surface area contributed by atoms with E-state index in [0.29, 0.717) is 17.7 Å². The van der Waals surface area contributed by atoms with Crippen molar-refractivity contribution >= 4 is 0 Å². The molecule has 0 bridgehead atoms. The number of aryl methyl sites for hydroxylation is 1. The van der Waals surface area contributed by atoms with E-state index < -0.39 is 0 Å². The Hall–Kier alpha value is -1.06. The molecule has 3 heteroatoms. The smallest absolute Gasteiger partial charge is 0.122 e. The van der Waals surface area contributed by atoms with E-state index in [0.717, 1.165) is 37.1 Å². The number of aliphatic hydroxyl groups is 1. The molecule has 1 aromatic rings. The number of phenolic OH excluding ortho intramolecular Hbond substituents is 1. The maximum atomic E-state index is 10.1. The van der Waals surface area contributed by atoms with Crippen LogP contribution < -0.4 is 0 Å². The topological polar surface area (TPSA) is 43.7 Å². The molecule has 2 N–H and O–H groups in total. The van der Waals surface area contributed by atoms with E-state index >= 15 is 0 Å². The highest BCUT2D eigenvalue weighted by Crippen LogP contribution is 2.27. The van der Waals surface area contributed by atoms with E-state index in [1.54, 1.807) is 0 Å². The molecular formula is C15H23NO2. The van der Waals surface area contributed by atoms with Crippen molar-refractivity contribution in [2.24, 2.45) is 5.92 Å². The average molecular weight is 249 g/mol. The highest BCUT2D eigenvalue weighted by Gasteiger charge is 2.25. The SMILES string of the molecule is Cc1cccc(CN2CC(CO)CCC2C)c1O. The summed E-state index contributed by atoms with van der Waals surface area (Å²) in [4.78, 5) is 2.36. The Balaban J connectivity index is 2.09. The fourth-order valence-corrected chi connectivity index (χ4v) is 2.70. The van der Waals surface area contributed by atoms with Crippen LogP contribution in [0.2, 0.25) is 0 Å². The summed E-state index contributed by atoms with van der Waals surface area (Å²) in [5, 5.41) is 19.3. The summed E-state index contributed by atoms with van der Waals surface area (Å²) in [6, 6.07) is 6.42. The van der Waals surface area contributed by atoms with Gasteiger partial charge in [0.25, 0.3) is 0 Å². The maximum absolute atomic E-state index is 10.1. The predicted octanol–water partition coefficient (Wildman–Crippen LogP) is 2.29. The van der Waals surface area contributed by atoms with E-state index in [1.165, 1.54) is 0 Å². The maximum Gasteiger partial charge on any atom is 0.122 e. The van der Waals surface area contributed by atoms with Gasteiger partial charge in [-0.1, -0.05) is 18.2 Å². The molecule has 2 atom stereocenters. The van der Waals surface area contributed by atoms with Crippen LogP contribution in [0.3, 0.4) is 0 Å². The number of nitrogens with zero attached hydrogens (tertiary/aromatic N) is 1. The van der Waals surface area contributed by atoms with E-state index in [2.05, 4.69) is 11.8 Å². The lowest BCUT2D eigenvalue weighted by atomic mass is 9.93. The third-order valence-corrected chi connectivity index (χ3v) is 4.06. The Morgan fingerprint density at radius 2 is 2.11 bits per heavy atom. The van der Waals surface area contributed by atoms with Gasteiger partial charge in [0.1, 0.15) is 5.75 Å². The Bertz CT molecular complexity index is 405. The minimum absolute atomic E-state index is 0.267. The zero-order valence-corrected chi connectivity index (χ0v) is 11.3. The van der Waals surface area contributed by atoms with Gasteiger partial charge in [0, 0.05) is 31.3 Å². The minimum atomic E-state index is 0.267. The molecule has 2 rings (SSSR count). The van der Waals surface area contributed by atoms with E-state index in [-0.39, 0.29) is 6.61 Å². The van der Waals surface area contributed by atoms with Gasteiger partial charge in [-0.15, -0.1) is 0 Å². The second-order valence-electron chi connectivity index (χ2n) is 5.49. The van der Waals surface area contributed by atoms with Gasteiger partial charge in [-0.25, -0.2) is 0 Å². The average Bonchev–Trinajstić information content (AvgIpc) is 2.37. The fraction of sp³-hybridized carbons (Fsp3) is 0.600. The van der Waals surface area contributed by atoms with Crippen molar-refractivity contribution in [3.63, 3.8) is 0 Å². The third-order valence-electron chi connectivity index (χ3n) is 4.06. The summed E-state index contributed by atoms with van der Waals surface area (Å²) in [5.74, 6) is 0.795. The van der Waals surface area contributed by atoms with E-state index in [9.17, 15) is 10.2 Å². The van der Waals surface area contributed by atoms with Crippen LogP contribution in [-0.2, 0) is 6.54 Å². The van der Waals surface area contributed by atoms with Crippen LogP contribution in [0.25, 0.3) is 0 Å². The van der Waals surface area contributed by atoms with Gasteiger partial charge in [-0.05, 0) is 38.2 Å². The molecule has 1 aromatic carbocycles. The van der Waals surface area contributed by atoms with Crippen LogP contribution in [0.5, 0.6) is 5.75 Å². The molecule has 1 fully saturated rings. The number of hydrogen-bond acceptors (Lipinski definition) is 3. The molecule has 2 unspecified atom stereocenters. The second-order valence-corrected chi connectivity index (χ2v) is 5.49. The molecule has 1 aliphatic heterocycles. The summed E-state index contributed by atoms with van der Waals surface area (Å²) >= 11 is 0. The molecule has 0 saturated carbocycles. The molecule has 1 heterocycles. The lowest BCUT2D eigenvalue weighted by Crippen LogP contribution is -2.42. The first-order chi connectivity index (χ1) is 8.61. The zero-order chi connectivity index (χ0) is 13.1. The number of aliphatic hydroxyl groups excluding tert-OH is 1.